The van der Waals surface area contributed by atoms with Crippen molar-refractivity contribution in [1.82, 2.24) is 14.9 Å². The molecule has 0 unspecified atom stereocenters. The SMILES string of the molecule is CN=C(NCc1ccc(S(=O)(=O)NCCOC)cc1)N1CCC(C)CC1.I. The van der Waals surface area contributed by atoms with Gasteiger partial charge in [0.2, 0.25) is 10.0 Å². The van der Waals surface area contributed by atoms with Gasteiger partial charge in [0.15, 0.2) is 5.96 Å². The highest BCUT2D eigenvalue weighted by molar-refractivity contribution is 14.0. The Kier molecular flexibility index (Phi) is 10.6. The van der Waals surface area contributed by atoms with Crippen molar-refractivity contribution in [2.45, 2.75) is 31.2 Å². The number of halogens is 1. The number of piperidine rings is 1. The van der Waals surface area contributed by atoms with Gasteiger partial charge in [-0.1, -0.05) is 19.1 Å². The van der Waals surface area contributed by atoms with Gasteiger partial charge >= 0.3 is 0 Å². The van der Waals surface area contributed by atoms with Crippen LogP contribution in [0.1, 0.15) is 25.3 Å². The Hall–Kier alpha value is -0.910. The van der Waals surface area contributed by atoms with Crippen LogP contribution in [0.2, 0.25) is 0 Å². The molecule has 0 bridgehead atoms. The molecule has 1 aliphatic rings. The summed E-state index contributed by atoms with van der Waals surface area (Å²) in [4.78, 5) is 6.90. The van der Waals surface area contributed by atoms with Crippen LogP contribution in [0, 0.1) is 5.92 Å². The lowest BCUT2D eigenvalue weighted by Crippen LogP contribution is -2.45. The van der Waals surface area contributed by atoms with E-state index in [9.17, 15) is 8.42 Å². The zero-order valence-corrected chi connectivity index (χ0v) is 19.4. The van der Waals surface area contributed by atoms with Crippen LogP contribution in [0.3, 0.4) is 0 Å². The predicted molar refractivity (Wildman–Crippen MR) is 119 cm³/mol. The van der Waals surface area contributed by atoms with Crippen molar-refractivity contribution in [2.24, 2.45) is 10.9 Å². The van der Waals surface area contributed by atoms with E-state index in [-0.39, 0.29) is 35.4 Å². The Labute approximate surface area is 180 Å². The molecule has 2 N–H and O–H groups in total. The minimum absolute atomic E-state index is 0. The summed E-state index contributed by atoms with van der Waals surface area (Å²) in [5.74, 6) is 1.67. The molecule has 9 heteroatoms. The molecule has 0 aromatic heterocycles. The van der Waals surface area contributed by atoms with E-state index in [1.807, 2.05) is 12.1 Å². The topological polar surface area (TPSA) is 83.0 Å². The number of nitrogens with zero attached hydrogens (tertiary/aromatic N) is 2. The summed E-state index contributed by atoms with van der Waals surface area (Å²) < 4.78 is 31.7. The summed E-state index contributed by atoms with van der Waals surface area (Å²) in [5, 5.41) is 3.36. The summed E-state index contributed by atoms with van der Waals surface area (Å²) in [6, 6.07) is 6.89. The second-order valence-electron chi connectivity index (χ2n) is 6.60. The largest absolute Gasteiger partial charge is 0.383 e. The average molecular weight is 510 g/mol. The van der Waals surface area contributed by atoms with Gasteiger partial charge in [-0.15, -0.1) is 24.0 Å². The van der Waals surface area contributed by atoms with Crippen LogP contribution in [-0.2, 0) is 21.3 Å². The van der Waals surface area contributed by atoms with Crippen molar-refractivity contribution in [2.75, 3.05) is 40.4 Å². The van der Waals surface area contributed by atoms with E-state index >= 15 is 0 Å². The Morgan fingerprint density at radius 1 is 1.26 bits per heavy atom. The van der Waals surface area contributed by atoms with Gasteiger partial charge in [-0.3, -0.25) is 4.99 Å². The standard InChI is InChI=1S/C18H30N4O3S.HI/c1-15-8-11-22(12-9-15)18(19-2)20-14-16-4-6-17(7-5-16)26(23,24)21-10-13-25-3;/h4-7,15,21H,8-14H2,1-3H3,(H,19,20);1H. The third-order valence-electron chi connectivity index (χ3n) is 4.58. The molecule has 1 saturated heterocycles. The number of guanidine groups is 1. The van der Waals surface area contributed by atoms with Crippen LogP contribution >= 0.6 is 24.0 Å². The normalized spacial score (nSPS) is 16.1. The maximum atomic E-state index is 12.2. The lowest BCUT2D eigenvalue weighted by Gasteiger charge is -2.32. The van der Waals surface area contributed by atoms with Gasteiger partial charge in [0.25, 0.3) is 0 Å². The average Bonchev–Trinajstić information content (AvgIpc) is 2.64. The van der Waals surface area contributed by atoms with Gasteiger partial charge in [-0.05, 0) is 36.5 Å². The minimum Gasteiger partial charge on any atom is -0.383 e. The minimum atomic E-state index is -3.49. The van der Waals surface area contributed by atoms with E-state index in [1.54, 1.807) is 19.2 Å². The molecule has 0 radical (unpaired) electrons. The molecule has 1 fully saturated rings. The molecule has 2 rings (SSSR count). The number of sulfonamides is 1. The Morgan fingerprint density at radius 2 is 1.89 bits per heavy atom. The van der Waals surface area contributed by atoms with Crippen LogP contribution in [0.5, 0.6) is 0 Å². The first-order chi connectivity index (χ1) is 12.5. The highest BCUT2D eigenvalue weighted by Gasteiger charge is 2.18. The lowest BCUT2D eigenvalue weighted by atomic mass is 10.00. The zero-order chi connectivity index (χ0) is 19.0. The Morgan fingerprint density at radius 3 is 2.44 bits per heavy atom. The highest BCUT2D eigenvalue weighted by Crippen LogP contribution is 2.16. The second-order valence-corrected chi connectivity index (χ2v) is 8.37. The summed E-state index contributed by atoms with van der Waals surface area (Å²) in [6.45, 7) is 5.53. The molecule has 7 nitrogen and oxygen atoms in total. The Balaban J connectivity index is 0.00000364. The van der Waals surface area contributed by atoms with Gasteiger partial charge in [-0.2, -0.15) is 0 Å². The van der Waals surface area contributed by atoms with E-state index in [4.69, 9.17) is 4.74 Å². The van der Waals surface area contributed by atoms with Gasteiger partial charge in [-0.25, -0.2) is 13.1 Å². The smallest absolute Gasteiger partial charge is 0.240 e. The molecule has 0 spiro atoms. The van der Waals surface area contributed by atoms with Crippen LogP contribution in [0.15, 0.2) is 34.2 Å². The predicted octanol–water partition coefficient (Wildman–Crippen LogP) is 2.04. The fourth-order valence-corrected chi connectivity index (χ4v) is 3.89. The number of hydrogen-bond donors (Lipinski definition) is 2. The Bertz CT molecular complexity index is 687. The van der Waals surface area contributed by atoms with Crippen molar-refractivity contribution >= 4 is 40.0 Å². The number of nitrogens with one attached hydrogen (secondary N) is 2. The zero-order valence-electron chi connectivity index (χ0n) is 16.3. The summed E-state index contributed by atoms with van der Waals surface area (Å²) >= 11 is 0. The van der Waals surface area contributed by atoms with Crippen molar-refractivity contribution in [3.05, 3.63) is 29.8 Å². The van der Waals surface area contributed by atoms with E-state index in [0.717, 1.165) is 30.5 Å². The van der Waals surface area contributed by atoms with E-state index < -0.39 is 10.0 Å². The van der Waals surface area contributed by atoms with Gasteiger partial charge in [0, 0.05) is 40.3 Å². The van der Waals surface area contributed by atoms with E-state index in [0.29, 0.717) is 13.2 Å². The molecule has 1 aromatic carbocycles. The molecule has 0 saturated carbocycles. The molecule has 0 amide bonds. The van der Waals surface area contributed by atoms with E-state index in [1.165, 1.54) is 20.0 Å². The highest BCUT2D eigenvalue weighted by atomic mass is 127. The van der Waals surface area contributed by atoms with Gasteiger partial charge in [0.1, 0.15) is 0 Å². The number of ether oxygens (including phenoxy) is 1. The number of hydrogen-bond acceptors (Lipinski definition) is 4. The van der Waals surface area contributed by atoms with Crippen molar-refractivity contribution < 1.29 is 13.2 Å². The fourth-order valence-electron chi connectivity index (χ4n) is 2.88. The number of likely N-dealkylation sites (tertiary alicyclic amines) is 1. The maximum Gasteiger partial charge on any atom is 0.240 e. The van der Waals surface area contributed by atoms with Crippen molar-refractivity contribution in [1.29, 1.82) is 0 Å². The van der Waals surface area contributed by atoms with Crippen LogP contribution in [0.4, 0.5) is 0 Å². The summed E-state index contributed by atoms with van der Waals surface area (Å²) in [6.07, 6.45) is 2.37. The molecule has 1 heterocycles. The van der Waals surface area contributed by atoms with Crippen LogP contribution in [-0.4, -0.2) is 59.7 Å². The second kappa shape index (κ2) is 11.8. The molecular weight excluding hydrogens is 479 g/mol. The van der Waals surface area contributed by atoms with Gasteiger partial charge < -0.3 is 15.0 Å². The third-order valence-corrected chi connectivity index (χ3v) is 6.05. The molecule has 1 aromatic rings. The number of rotatable bonds is 7. The lowest BCUT2D eigenvalue weighted by molar-refractivity contribution is 0.204. The van der Waals surface area contributed by atoms with Crippen molar-refractivity contribution in [3.8, 4) is 0 Å². The first-order valence-corrected chi connectivity index (χ1v) is 10.5. The molecular formula is C18H31IN4O3S. The molecule has 27 heavy (non-hydrogen) atoms. The fraction of sp³-hybridized carbons (Fsp3) is 0.611. The quantitative estimate of drug-likeness (QED) is 0.254. The summed E-state index contributed by atoms with van der Waals surface area (Å²) in [7, 11) is -0.160. The van der Waals surface area contributed by atoms with Crippen LogP contribution in [0.25, 0.3) is 0 Å². The molecule has 1 aliphatic heterocycles. The maximum absolute atomic E-state index is 12.2. The molecule has 0 aliphatic carbocycles. The first kappa shape index (κ1) is 24.1. The van der Waals surface area contributed by atoms with Crippen LogP contribution < -0.4 is 10.0 Å². The number of methoxy groups -OCH3 is 1. The van der Waals surface area contributed by atoms with Gasteiger partial charge in [0.05, 0.1) is 11.5 Å². The summed E-state index contributed by atoms with van der Waals surface area (Å²) in [5.41, 5.74) is 1.01. The number of aliphatic imine (C=N–C) groups is 1. The molecule has 0 atom stereocenters. The van der Waals surface area contributed by atoms with Crippen molar-refractivity contribution in [3.63, 3.8) is 0 Å². The first-order valence-electron chi connectivity index (χ1n) is 8.99. The number of benzene rings is 1. The van der Waals surface area contributed by atoms with E-state index in [2.05, 4.69) is 26.9 Å². The molecule has 154 valence electrons. The third kappa shape index (κ3) is 7.55. The monoisotopic (exact) mass is 510 g/mol.